The highest BCUT2D eigenvalue weighted by Gasteiger charge is 2.60. The Labute approximate surface area is 214 Å². The molecule has 0 bridgehead atoms. The number of benzene rings is 2. The van der Waals surface area contributed by atoms with Gasteiger partial charge in [0.2, 0.25) is 11.8 Å². The van der Waals surface area contributed by atoms with E-state index in [1.54, 1.807) is 21.1 Å². The van der Waals surface area contributed by atoms with E-state index in [0.717, 1.165) is 33.7 Å². The second-order valence-corrected chi connectivity index (χ2v) is 10.8. The molecule has 1 atom stereocenters. The van der Waals surface area contributed by atoms with E-state index in [1.165, 1.54) is 0 Å². The minimum absolute atomic E-state index is 0.0754. The number of hydrogen-bond acceptors (Lipinski definition) is 5. The minimum Gasteiger partial charge on any atom is -0.350 e. The van der Waals surface area contributed by atoms with Crippen LogP contribution >= 0.6 is 11.3 Å². The summed E-state index contributed by atoms with van der Waals surface area (Å²) in [6.45, 7) is 3.42. The largest absolute Gasteiger partial charge is 0.350 e. The summed E-state index contributed by atoms with van der Waals surface area (Å²) < 4.78 is 0. The maximum atomic E-state index is 13.7. The van der Waals surface area contributed by atoms with E-state index in [2.05, 4.69) is 22.4 Å². The van der Waals surface area contributed by atoms with E-state index in [9.17, 15) is 14.4 Å². The van der Waals surface area contributed by atoms with Gasteiger partial charge in [0.25, 0.3) is 5.91 Å². The Hall–Kier alpha value is -3.52. The summed E-state index contributed by atoms with van der Waals surface area (Å²) in [6, 6.07) is 15.2. The fourth-order valence-corrected chi connectivity index (χ4v) is 6.34. The highest BCUT2D eigenvalue weighted by atomic mass is 32.1. The third kappa shape index (κ3) is 3.80. The Bertz CT molecular complexity index is 1340. The van der Waals surface area contributed by atoms with Crippen LogP contribution in [0.3, 0.4) is 0 Å². The van der Waals surface area contributed by atoms with Gasteiger partial charge in [-0.05, 0) is 55.4 Å². The van der Waals surface area contributed by atoms with Crippen molar-refractivity contribution in [3.8, 4) is 10.4 Å². The molecule has 1 saturated carbocycles. The molecule has 2 fully saturated rings. The number of nitrogens with zero attached hydrogens (tertiary/aromatic N) is 3. The van der Waals surface area contributed by atoms with Crippen LogP contribution in [0, 0.1) is 6.92 Å². The smallest absolute Gasteiger partial charge is 0.255 e. The van der Waals surface area contributed by atoms with Crippen LogP contribution in [-0.4, -0.2) is 50.6 Å². The third-order valence-corrected chi connectivity index (χ3v) is 8.68. The Kier molecular flexibility index (Phi) is 5.63. The molecule has 3 aliphatic rings. The summed E-state index contributed by atoms with van der Waals surface area (Å²) in [7, 11) is 0. The molecule has 6 rings (SSSR count). The van der Waals surface area contributed by atoms with Crippen molar-refractivity contribution in [2.75, 3.05) is 6.54 Å². The second-order valence-electron chi connectivity index (χ2n) is 9.92. The van der Waals surface area contributed by atoms with Crippen LogP contribution < -0.4 is 5.32 Å². The second kappa shape index (κ2) is 8.85. The molecule has 2 aliphatic heterocycles. The normalized spacial score (nSPS) is 19.9. The van der Waals surface area contributed by atoms with Gasteiger partial charge in [0.15, 0.2) is 0 Å². The number of aryl methyl sites for hydroxylation is 1. The van der Waals surface area contributed by atoms with Crippen LogP contribution in [0.2, 0.25) is 0 Å². The molecule has 1 N–H and O–H groups in total. The van der Waals surface area contributed by atoms with E-state index in [4.69, 9.17) is 0 Å². The van der Waals surface area contributed by atoms with Gasteiger partial charge in [-0.1, -0.05) is 42.5 Å². The Morgan fingerprint density at radius 3 is 2.61 bits per heavy atom. The number of aromatic nitrogens is 1. The van der Waals surface area contributed by atoms with Crippen LogP contribution in [0.4, 0.5) is 0 Å². The monoisotopic (exact) mass is 500 g/mol. The number of thiazole rings is 1. The number of amides is 3. The number of hydrogen-bond donors (Lipinski definition) is 1. The topological polar surface area (TPSA) is 82.6 Å². The number of likely N-dealkylation sites (tertiary alicyclic amines) is 1. The van der Waals surface area contributed by atoms with Crippen LogP contribution in [0.1, 0.15) is 52.9 Å². The highest BCUT2D eigenvalue weighted by molar-refractivity contribution is 7.13. The van der Waals surface area contributed by atoms with Crippen molar-refractivity contribution < 1.29 is 14.4 Å². The van der Waals surface area contributed by atoms with Crippen LogP contribution in [0.15, 0.2) is 54.0 Å². The first-order valence-corrected chi connectivity index (χ1v) is 13.3. The number of carbonyl (C=O) groups excluding carboxylic acids is 3. The van der Waals surface area contributed by atoms with Gasteiger partial charge < -0.3 is 15.1 Å². The zero-order valence-electron chi connectivity index (χ0n) is 20.2. The number of carbonyl (C=O) groups is 3. The van der Waals surface area contributed by atoms with Crippen molar-refractivity contribution in [3.05, 3.63) is 76.4 Å². The van der Waals surface area contributed by atoms with Crippen molar-refractivity contribution in [1.82, 2.24) is 20.1 Å². The molecule has 0 radical (unpaired) electrons. The highest BCUT2D eigenvalue weighted by Crippen LogP contribution is 2.48. The Balaban J connectivity index is 1.11. The van der Waals surface area contributed by atoms with Gasteiger partial charge in [0, 0.05) is 25.2 Å². The molecule has 36 heavy (non-hydrogen) atoms. The molecule has 3 heterocycles. The van der Waals surface area contributed by atoms with E-state index in [-0.39, 0.29) is 17.7 Å². The van der Waals surface area contributed by atoms with E-state index < -0.39 is 11.6 Å². The third-order valence-electron chi connectivity index (χ3n) is 7.70. The van der Waals surface area contributed by atoms with E-state index >= 15 is 0 Å². The molecule has 3 amide bonds. The Morgan fingerprint density at radius 1 is 1.14 bits per heavy atom. The average Bonchev–Trinajstić information content (AvgIpc) is 3.20. The molecular weight excluding hydrogens is 472 g/mol. The average molecular weight is 501 g/mol. The first kappa shape index (κ1) is 22.9. The van der Waals surface area contributed by atoms with Crippen molar-refractivity contribution in [3.63, 3.8) is 0 Å². The number of fused-ring (bicyclic) bond motifs is 1. The fraction of sp³-hybridized carbons (Fsp3) is 0.357. The first-order chi connectivity index (χ1) is 17.5. The van der Waals surface area contributed by atoms with Gasteiger partial charge in [-0.25, -0.2) is 4.98 Å². The molecule has 3 aromatic rings. The summed E-state index contributed by atoms with van der Waals surface area (Å²) in [6.07, 6.45) is 2.74. The molecule has 1 saturated heterocycles. The van der Waals surface area contributed by atoms with Crippen molar-refractivity contribution in [1.29, 1.82) is 0 Å². The standard InChI is InChI=1S/C28H28N4O3S/c1-18-24(36-17-30-18)20-10-8-19(9-11-20)15-29-25(33)23-7-4-14-31(23)27(35)28(12-13-28)32-16-21-5-2-3-6-22(21)26(32)34/h2-3,5-6,8-11,17,23H,4,7,12-16H2,1H3,(H,29,33). The van der Waals surface area contributed by atoms with Gasteiger partial charge in [0.1, 0.15) is 11.6 Å². The summed E-state index contributed by atoms with van der Waals surface area (Å²) in [5.41, 5.74) is 5.83. The van der Waals surface area contributed by atoms with E-state index in [1.807, 2.05) is 48.8 Å². The summed E-state index contributed by atoms with van der Waals surface area (Å²) in [5.74, 6) is -0.283. The molecule has 1 aliphatic carbocycles. The molecule has 0 spiro atoms. The van der Waals surface area contributed by atoms with Crippen LogP contribution in [0.25, 0.3) is 10.4 Å². The summed E-state index contributed by atoms with van der Waals surface area (Å²) in [4.78, 5) is 48.9. The quantitative estimate of drug-likeness (QED) is 0.556. The lowest BCUT2D eigenvalue weighted by atomic mass is 10.1. The molecule has 8 heteroatoms. The minimum atomic E-state index is -0.802. The van der Waals surface area contributed by atoms with Crippen molar-refractivity contribution >= 4 is 29.1 Å². The summed E-state index contributed by atoms with van der Waals surface area (Å²) in [5, 5.41) is 3.03. The van der Waals surface area contributed by atoms with Gasteiger partial charge in [0.05, 0.1) is 16.1 Å². The van der Waals surface area contributed by atoms with Crippen LogP contribution in [-0.2, 0) is 22.7 Å². The molecule has 1 aromatic heterocycles. The predicted molar refractivity (Wildman–Crippen MR) is 137 cm³/mol. The predicted octanol–water partition coefficient (Wildman–Crippen LogP) is 3.91. The fourth-order valence-electron chi connectivity index (χ4n) is 5.53. The van der Waals surface area contributed by atoms with Crippen LogP contribution in [0.5, 0.6) is 0 Å². The molecule has 7 nitrogen and oxygen atoms in total. The molecule has 1 unspecified atom stereocenters. The maximum Gasteiger partial charge on any atom is 0.255 e. The molecule has 184 valence electrons. The lowest BCUT2D eigenvalue weighted by Crippen LogP contribution is -2.55. The zero-order chi connectivity index (χ0) is 24.9. The zero-order valence-corrected chi connectivity index (χ0v) is 21.0. The molecule has 2 aromatic carbocycles. The summed E-state index contributed by atoms with van der Waals surface area (Å²) >= 11 is 1.62. The van der Waals surface area contributed by atoms with Gasteiger partial charge in [-0.15, -0.1) is 11.3 Å². The number of rotatable bonds is 6. The van der Waals surface area contributed by atoms with Gasteiger partial charge in [-0.2, -0.15) is 0 Å². The lowest BCUT2D eigenvalue weighted by molar-refractivity contribution is -0.143. The first-order valence-electron chi connectivity index (χ1n) is 12.5. The SMILES string of the molecule is Cc1ncsc1-c1ccc(CNC(=O)C2CCCN2C(=O)C2(N3Cc4ccccc4C3=O)CC2)cc1. The van der Waals surface area contributed by atoms with Gasteiger partial charge in [-0.3, -0.25) is 14.4 Å². The Morgan fingerprint density at radius 2 is 1.92 bits per heavy atom. The lowest BCUT2D eigenvalue weighted by Gasteiger charge is -2.33. The number of nitrogens with one attached hydrogen (secondary N) is 1. The molecular formula is C28H28N4O3S. The van der Waals surface area contributed by atoms with Crippen molar-refractivity contribution in [2.24, 2.45) is 0 Å². The van der Waals surface area contributed by atoms with E-state index in [0.29, 0.717) is 44.5 Å². The van der Waals surface area contributed by atoms with Crippen molar-refractivity contribution in [2.45, 2.75) is 57.3 Å². The maximum absolute atomic E-state index is 13.7. The van der Waals surface area contributed by atoms with Gasteiger partial charge >= 0.3 is 0 Å².